The number of amides is 2. The molecule has 0 fully saturated rings. The van der Waals surface area contributed by atoms with Crippen molar-refractivity contribution in [2.45, 2.75) is 53.1 Å². The lowest BCUT2D eigenvalue weighted by atomic mass is 10.1. The summed E-state index contributed by atoms with van der Waals surface area (Å²) in [6.07, 6.45) is 1.79. The van der Waals surface area contributed by atoms with E-state index >= 15 is 0 Å². The fourth-order valence-corrected chi connectivity index (χ4v) is 2.57. The number of hydrogen-bond acceptors (Lipinski definition) is 4. The lowest BCUT2D eigenvalue weighted by Gasteiger charge is -2.24. The van der Waals surface area contributed by atoms with Gasteiger partial charge in [-0.05, 0) is 52.8 Å². The Bertz CT molecular complexity index is 723. The van der Waals surface area contributed by atoms with Gasteiger partial charge in [-0.2, -0.15) is 0 Å². The van der Waals surface area contributed by atoms with Crippen molar-refractivity contribution in [1.82, 2.24) is 10.2 Å². The largest absolute Gasteiger partial charge is 0.467 e. The fourth-order valence-electron chi connectivity index (χ4n) is 2.57. The second-order valence-corrected chi connectivity index (χ2v) is 7.18. The predicted molar refractivity (Wildman–Crippen MR) is 94.1 cm³/mol. The first-order chi connectivity index (χ1) is 11.7. The van der Waals surface area contributed by atoms with Crippen LogP contribution in [0.1, 0.15) is 54.8 Å². The van der Waals surface area contributed by atoms with Crippen LogP contribution >= 0.6 is 0 Å². The highest BCUT2D eigenvalue weighted by Gasteiger charge is 2.23. The van der Waals surface area contributed by atoms with E-state index in [1.807, 2.05) is 26.8 Å². The third kappa shape index (κ3) is 5.52. The Hall–Kier alpha value is -2.50. The van der Waals surface area contributed by atoms with Crippen molar-refractivity contribution in [3.05, 3.63) is 47.3 Å². The Morgan fingerprint density at radius 2 is 1.96 bits per heavy atom. The molecule has 1 N–H and O–H groups in total. The van der Waals surface area contributed by atoms with Crippen molar-refractivity contribution in [1.29, 1.82) is 0 Å². The molecule has 6 heteroatoms. The van der Waals surface area contributed by atoms with Crippen molar-refractivity contribution in [2.75, 3.05) is 6.54 Å². The van der Waals surface area contributed by atoms with Crippen LogP contribution in [0.2, 0.25) is 0 Å². The lowest BCUT2D eigenvalue weighted by molar-refractivity contribution is -0.122. The van der Waals surface area contributed by atoms with Crippen LogP contribution in [0.5, 0.6) is 0 Å². The second kappa shape index (κ2) is 7.59. The molecule has 2 rings (SSSR count). The average molecular weight is 346 g/mol. The minimum absolute atomic E-state index is 0.0927. The molecule has 2 aromatic rings. The quantitative estimate of drug-likeness (QED) is 0.869. The number of carbonyl (C=O) groups excluding carboxylic acids is 2. The van der Waals surface area contributed by atoms with Gasteiger partial charge in [0.05, 0.1) is 18.4 Å². The Kier molecular flexibility index (Phi) is 5.72. The van der Waals surface area contributed by atoms with Crippen molar-refractivity contribution in [3.63, 3.8) is 0 Å². The Morgan fingerprint density at radius 3 is 2.48 bits per heavy atom. The van der Waals surface area contributed by atoms with E-state index in [4.69, 9.17) is 8.83 Å². The number of hydrogen-bond donors (Lipinski definition) is 1. The van der Waals surface area contributed by atoms with Crippen molar-refractivity contribution in [3.8, 4) is 0 Å². The molecule has 2 heterocycles. The van der Waals surface area contributed by atoms with E-state index in [0.717, 1.165) is 0 Å². The molecule has 0 spiro atoms. The molecule has 0 aliphatic heterocycles. The molecule has 0 aromatic carbocycles. The van der Waals surface area contributed by atoms with Crippen LogP contribution < -0.4 is 5.32 Å². The molecule has 0 aliphatic carbocycles. The first kappa shape index (κ1) is 18.8. The molecule has 2 aromatic heterocycles. The van der Waals surface area contributed by atoms with Gasteiger partial charge < -0.3 is 19.1 Å². The third-order valence-electron chi connectivity index (χ3n) is 3.61. The van der Waals surface area contributed by atoms with Gasteiger partial charge in [0.25, 0.3) is 5.91 Å². The molecule has 0 bridgehead atoms. The van der Waals surface area contributed by atoms with Gasteiger partial charge in [-0.15, -0.1) is 0 Å². The molecule has 2 amide bonds. The lowest BCUT2D eigenvalue weighted by Crippen LogP contribution is -2.42. The first-order valence-corrected chi connectivity index (χ1v) is 8.35. The van der Waals surface area contributed by atoms with Crippen LogP contribution in [0.3, 0.4) is 0 Å². The van der Waals surface area contributed by atoms with E-state index in [0.29, 0.717) is 35.9 Å². The second-order valence-electron chi connectivity index (χ2n) is 7.18. The summed E-state index contributed by atoms with van der Waals surface area (Å²) in [5.41, 5.74) is 0.214. The molecule has 0 saturated heterocycles. The first-order valence-electron chi connectivity index (χ1n) is 8.35. The molecule has 0 unspecified atom stereocenters. The molecule has 6 nitrogen and oxygen atoms in total. The van der Waals surface area contributed by atoms with E-state index in [-0.39, 0.29) is 23.8 Å². The standard InChI is InChI=1S/C19H26N2O4/c1-13-11-16(14(2)25-13)18(23)21(12-15-7-6-10-24-15)9-8-17(22)20-19(3,4)5/h6-7,10-11H,8-9,12H2,1-5H3,(H,20,22). The minimum atomic E-state index is -0.300. The monoisotopic (exact) mass is 346 g/mol. The van der Waals surface area contributed by atoms with Gasteiger partial charge in [0.15, 0.2) is 0 Å². The van der Waals surface area contributed by atoms with Gasteiger partial charge in [0.2, 0.25) is 5.91 Å². The zero-order chi connectivity index (χ0) is 18.6. The molecule has 136 valence electrons. The van der Waals surface area contributed by atoms with E-state index in [1.165, 1.54) is 0 Å². The number of rotatable bonds is 6. The summed E-state index contributed by atoms with van der Waals surface area (Å²) in [5, 5.41) is 2.91. The van der Waals surface area contributed by atoms with Crippen molar-refractivity contribution in [2.24, 2.45) is 0 Å². The number of nitrogens with one attached hydrogen (secondary N) is 1. The summed E-state index contributed by atoms with van der Waals surface area (Å²) in [4.78, 5) is 26.6. The van der Waals surface area contributed by atoms with Crippen LogP contribution in [0.4, 0.5) is 0 Å². The number of nitrogens with zero attached hydrogens (tertiary/aromatic N) is 1. The zero-order valence-electron chi connectivity index (χ0n) is 15.5. The third-order valence-corrected chi connectivity index (χ3v) is 3.61. The van der Waals surface area contributed by atoms with E-state index in [2.05, 4.69) is 5.32 Å². The highest BCUT2D eigenvalue weighted by Crippen LogP contribution is 2.18. The van der Waals surface area contributed by atoms with Crippen molar-refractivity contribution >= 4 is 11.8 Å². The summed E-state index contributed by atoms with van der Waals surface area (Å²) in [7, 11) is 0. The molecule has 0 radical (unpaired) electrons. The number of carbonyl (C=O) groups is 2. The SMILES string of the molecule is Cc1cc(C(=O)N(CCC(=O)NC(C)(C)C)Cc2ccco2)c(C)o1. The maximum Gasteiger partial charge on any atom is 0.257 e. The fraction of sp³-hybridized carbons (Fsp3) is 0.474. The van der Waals surface area contributed by atoms with Gasteiger partial charge >= 0.3 is 0 Å². The summed E-state index contributed by atoms with van der Waals surface area (Å²) in [5.74, 6) is 1.66. The zero-order valence-corrected chi connectivity index (χ0v) is 15.5. The Morgan fingerprint density at radius 1 is 1.24 bits per heavy atom. The molecule has 25 heavy (non-hydrogen) atoms. The van der Waals surface area contributed by atoms with Crippen LogP contribution in [-0.2, 0) is 11.3 Å². The van der Waals surface area contributed by atoms with Crippen LogP contribution in [0.15, 0.2) is 33.3 Å². The molecular formula is C19H26N2O4. The van der Waals surface area contributed by atoms with Crippen molar-refractivity contribution < 1.29 is 18.4 Å². The summed E-state index contributed by atoms with van der Waals surface area (Å²) >= 11 is 0. The highest BCUT2D eigenvalue weighted by molar-refractivity contribution is 5.95. The topological polar surface area (TPSA) is 75.7 Å². The van der Waals surface area contributed by atoms with Crippen LogP contribution in [0, 0.1) is 13.8 Å². The summed E-state index contributed by atoms with van der Waals surface area (Å²) in [6, 6.07) is 5.31. The van der Waals surface area contributed by atoms with Gasteiger partial charge in [-0.3, -0.25) is 9.59 Å². The maximum absolute atomic E-state index is 12.9. The molecule has 0 aliphatic rings. The Balaban J connectivity index is 2.11. The van der Waals surface area contributed by atoms with E-state index in [1.54, 1.807) is 37.1 Å². The van der Waals surface area contributed by atoms with E-state index < -0.39 is 0 Å². The predicted octanol–water partition coefficient (Wildman–Crippen LogP) is 3.44. The summed E-state index contributed by atoms with van der Waals surface area (Å²) < 4.78 is 10.8. The highest BCUT2D eigenvalue weighted by atomic mass is 16.3. The molecule has 0 atom stereocenters. The van der Waals surface area contributed by atoms with Gasteiger partial charge in [-0.1, -0.05) is 0 Å². The van der Waals surface area contributed by atoms with Crippen LogP contribution in [-0.4, -0.2) is 28.8 Å². The average Bonchev–Trinajstić information content (AvgIpc) is 3.10. The molecular weight excluding hydrogens is 320 g/mol. The van der Waals surface area contributed by atoms with Gasteiger partial charge in [-0.25, -0.2) is 0 Å². The van der Waals surface area contributed by atoms with Crippen LogP contribution in [0.25, 0.3) is 0 Å². The maximum atomic E-state index is 12.9. The summed E-state index contributed by atoms with van der Waals surface area (Å²) in [6.45, 7) is 9.94. The smallest absolute Gasteiger partial charge is 0.257 e. The molecule has 0 saturated carbocycles. The Labute approximate surface area is 148 Å². The normalized spacial score (nSPS) is 11.4. The number of furan rings is 2. The minimum Gasteiger partial charge on any atom is -0.467 e. The van der Waals surface area contributed by atoms with E-state index in [9.17, 15) is 9.59 Å². The van der Waals surface area contributed by atoms with Gasteiger partial charge in [0.1, 0.15) is 17.3 Å². The van der Waals surface area contributed by atoms with Gasteiger partial charge in [0, 0.05) is 18.5 Å². The number of aryl methyl sites for hydroxylation is 2.